The zero-order chi connectivity index (χ0) is 18.1. The first-order valence-corrected chi connectivity index (χ1v) is 8.25. The smallest absolute Gasteiger partial charge is 0.267 e. The molecule has 1 aromatic heterocycles. The van der Waals surface area contributed by atoms with Crippen LogP contribution in [0.1, 0.15) is 5.82 Å². The van der Waals surface area contributed by atoms with Crippen LogP contribution < -0.4 is 15.0 Å². The van der Waals surface area contributed by atoms with E-state index in [9.17, 15) is 4.79 Å². The van der Waals surface area contributed by atoms with Crippen molar-refractivity contribution in [3.05, 3.63) is 54.4 Å². The maximum atomic E-state index is 12.7. The van der Waals surface area contributed by atoms with Gasteiger partial charge in [0.15, 0.2) is 11.9 Å². The van der Waals surface area contributed by atoms with E-state index in [1.54, 1.807) is 4.68 Å². The van der Waals surface area contributed by atoms with Crippen molar-refractivity contribution in [2.45, 2.75) is 13.0 Å². The van der Waals surface area contributed by atoms with Gasteiger partial charge in [-0.25, -0.2) is 0 Å². The van der Waals surface area contributed by atoms with Crippen molar-refractivity contribution in [1.82, 2.24) is 20.2 Å². The summed E-state index contributed by atoms with van der Waals surface area (Å²) in [6.45, 7) is 2.29. The van der Waals surface area contributed by atoms with Crippen LogP contribution >= 0.6 is 0 Å². The van der Waals surface area contributed by atoms with Crippen molar-refractivity contribution < 1.29 is 9.53 Å². The molecule has 0 radical (unpaired) electrons. The van der Waals surface area contributed by atoms with Gasteiger partial charge in [-0.3, -0.25) is 4.79 Å². The molecule has 0 fully saturated rings. The quantitative estimate of drug-likeness (QED) is 0.775. The highest BCUT2D eigenvalue weighted by atomic mass is 16.5. The number of carbonyl (C=O) groups excluding carboxylic acids is 1. The molecule has 2 heterocycles. The predicted molar refractivity (Wildman–Crippen MR) is 96.6 cm³/mol. The summed E-state index contributed by atoms with van der Waals surface area (Å²) >= 11 is 0. The Hall–Kier alpha value is -3.42. The molecule has 0 aliphatic carbocycles. The number of hydrogen-bond acceptors (Lipinski definition) is 6. The molecule has 1 unspecified atom stereocenters. The average molecular weight is 350 g/mol. The number of likely N-dealkylation sites (N-methyl/N-ethyl adjacent to an activating group) is 1. The first-order chi connectivity index (χ1) is 12.6. The van der Waals surface area contributed by atoms with E-state index in [1.807, 2.05) is 67.4 Å². The minimum absolute atomic E-state index is 0.197. The molecule has 26 heavy (non-hydrogen) atoms. The van der Waals surface area contributed by atoms with Crippen LogP contribution in [0, 0.1) is 6.92 Å². The van der Waals surface area contributed by atoms with Gasteiger partial charge in [-0.2, -0.15) is 4.68 Å². The molecule has 0 spiro atoms. The summed E-state index contributed by atoms with van der Waals surface area (Å²) in [6.07, 6.45) is -0.590. The van der Waals surface area contributed by atoms with Crippen molar-refractivity contribution >= 4 is 17.3 Å². The number of benzene rings is 2. The van der Waals surface area contributed by atoms with E-state index in [-0.39, 0.29) is 5.91 Å². The summed E-state index contributed by atoms with van der Waals surface area (Å²) in [4.78, 5) is 14.7. The topological polar surface area (TPSA) is 85.2 Å². The number of amides is 1. The van der Waals surface area contributed by atoms with Gasteiger partial charge in [-0.15, -0.1) is 5.10 Å². The van der Waals surface area contributed by atoms with Crippen molar-refractivity contribution in [2.24, 2.45) is 0 Å². The van der Waals surface area contributed by atoms with Gasteiger partial charge < -0.3 is 15.0 Å². The number of nitrogens with one attached hydrogen (secondary N) is 1. The van der Waals surface area contributed by atoms with Gasteiger partial charge in [0.1, 0.15) is 5.75 Å². The number of tetrazole rings is 1. The third kappa shape index (κ3) is 2.97. The fraction of sp³-hybridized carbons (Fsp3) is 0.222. The molecule has 2 aromatic carbocycles. The standard InChI is InChI=1S/C18H18N6O2/c1-12-20-21-22-24(12)14-7-5-6-13(10-14)19-18(25)17-11-23(2)15-8-3-4-9-16(15)26-17/h3-10,17H,11H2,1-2H3,(H,19,25). The minimum atomic E-state index is -0.590. The molecule has 0 saturated heterocycles. The lowest BCUT2D eigenvalue weighted by atomic mass is 10.2. The summed E-state index contributed by atoms with van der Waals surface area (Å²) in [5.74, 6) is 1.18. The van der Waals surface area contributed by atoms with Gasteiger partial charge in [0.2, 0.25) is 0 Å². The zero-order valence-corrected chi connectivity index (χ0v) is 14.5. The number of ether oxygens (including phenoxy) is 1. The second-order valence-corrected chi connectivity index (χ2v) is 6.13. The molecule has 1 atom stereocenters. The van der Waals surface area contributed by atoms with Crippen molar-refractivity contribution in [2.75, 3.05) is 23.8 Å². The summed E-state index contributed by atoms with van der Waals surface area (Å²) in [7, 11) is 1.95. The number of fused-ring (bicyclic) bond motifs is 1. The van der Waals surface area contributed by atoms with Gasteiger partial charge >= 0.3 is 0 Å². The Kier molecular flexibility index (Phi) is 4.00. The molecule has 1 N–H and O–H groups in total. The molecule has 132 valence electrons. The molecule has 1 amide bonds. The molecule has 0 bridgehead atoms. The molecule has 3 aromatic rings. The Morgan fingerprint density at radius 2 is 2.08 bits per heavy atom. The van der Waals surface area contributed by atoms with Crippen molar-refractivity contribution in [3.63, 3.8) is 0 Å². The molecule has 1 aliphatic heterocycles. The lowest BCUT2D eigenvalue weighted by Crippen LogP contribution is -2.45. The van der Waals surface area contributed by atoms with Crippen LogP contribution in [-0.2, 0) is 4.79 Å². The van der Waals surface area contributed by atoms with Gasteiger partial charge in [-0.05, 0) is 47.7 Å². The van der Waals surface area contributed by atoms with Gasteiger partial charge in [0.05, 0.1) is 17.9 Å². The SMILES string of the molecule is Cc1nnnn1-c1cccc(NC(=O)C2CN(C)c3ccccc3O2)c1. The van der Waals surface area contributed by atoms with Crippen LogP contribution in [0.3, 0.4) is 0 Å². The van der Waals surface area contributed by atoms with Crippen LogP contribution in [0.5, 0.6) is 5.75 Å². The number of rotatable bonds is 3. The van der Waals surface area contributed by atoms with E-state index in [0.717, 1.165) is 11.4 Å². The predicted octanol–water partition coefficient (Wildman–Crippen LogP) is 1.81. The molecule has 1 aliphatic rings. The zero-order valence-electron chi connectivity index (χ0n) is 14.5. The van der Waals surface area contributed by atoms with E-state index in [2.05, 4.69) is 20.8 Å². The molecule has 8 heteroatoms. The number of anilines is 2. The summed E-state index contributed by atoms with van der Waals surface area (Å²) in [6, 6.07) is 15.0. The molecule has 8 nitrogen and oxygen atoms in total. The molecular formula is C18H18N6O2. The largest absolute Gasteiger partial charge is 0.477 e. The summed E-state index contributed by atoms with van der Waals surface area (Å²) in [5, 5.41) is 14.4. The van der Waals surface area contributed by atoms with Crippen molar-refractivity contribution in [3.8, 4) is 11.4 Å². The maximum absolute atomic E-state index is 12.7. The fourth-order valence-electron chi connectivity index (χ4n) is 2.95. The highest BCUT2D eigenvalue weighted by Crippen LogP contribution is 2.32. The van der Waals surface area contributed by atoms with Crippen LogP contribution in [-0.4, -0.2) is 45.8 Å². The lowest BCUT2D eigenvalue weighted by Gasteiger charge is -2.32. The first-order valence-electron chi connectivity index (χ1n) is 8.25. The normalized spacial score (nSPS) is 15.9. The Labute approximate surface area is 150 Å². The third-order valence-corrected chi connectivity index (χ3v) is 4.26. The molecule has 0 saturated carbocycles. The highest BCUT2D eigenvalue weighted by Gasteiger charge is 2.28. The Morgan fingerprint density at radius 1 is 1.23 bits per heavy atom. The van der Waals surface area contributed by atoms with Crippen LogP contribution in [0.2, 0.25) is 0 Å². The number of hydrogen-bond donors (Lipinski definition) is 1. The number of para-hydroxylation sites is 2. The first kappa shape index (κ1) is 16.1. The Balaban J connectivity index is 1.52. The highest BCUT2D eigenvalue weighted by molar-refractivity contribution is 5.95. The van der Waals surface area contributed by atoms with Gasteiger partial charge in [-0.1, -0.05) is 18.2 Å². The van der Waals surface area contributed by atoms with Crippen LogP contribution in [0.4, 0.5) is 11.4 Å². The maximum Gasteiger partial charge on any atom is 0.267 e. The van der Waals surface area contributed by atoms with Crippen LogP contribution in [0.15, 0.2) is 48.5 Å². The van der Waals surface area contributed by atoms with Crippen LogP contribution in [0.25, 0.3) is 5.69 Å². The second kappa shape index (κ2) is 6.47. The number of nitrogens with zero attached hydrogens (tertiary/aromatic N) is 5. The average Bonchev–Trinajstić information content (AvgIpc) is 3.08. The van der Waals surface area contributed by atoms with E-state index < -0.39 is 6.10 Å². The molecular weight excluding hydrogens is 332 g/mol. The minimum Gasteiger partial charge on any atom is -0.477 e. The van der Waals surface area contributed by atoms with Crippen molar-refractivity contribution in [1.29, 1.82) is 0 Å². The number of aryl methyl sites for hydroxylation is 1. The summed E-state index contributed by atoms with van der Waals surface area (Å²) < 4.78 is 7.47. The molecule has 4 rings (SSSR count). The van der Waals surface area contributed by atoms with E-state index in [1.165, 1.54) is 0 Å². The van der Waals surface area contributed by atoms with E-state index in [4.69, 9.17) is 4.74 Å². The lowest BCUT2D eigenvalue weighted by molar-refractivity contribution is -0.122. The Morgan fingerprint density at radius 3 is 2.88 bits per heavy atom. The fourth-order valence-corrected chi connectivity index (χ4v) is 2.95. The van der Waals surface area contributed by atoms with E-state index >= 15 is 0 Å². The third-order valence-electron chi connectivity index (χ3n) is 4.26. The number of aromatic nitrogens is 4. The van der Waals surface area contributed by atoms with E-state index in [0.29, 0.717) is 23.8 Å². The van der Waals surface area contributed by atoms with Gasteiger partial charge in [0.25, 0.3) is 5.91 Å². The summed E-state index contributed by atoms with van der Waals surface area (Å²) in [5.41, 5.74) is 2.41. The van der Waals surface area contributed by atoms with Gasteiger partial charge in [0, 0.05) is 12.7 Å². The Bertz CT molecular complexity index is 954. The second-order valence-electron chi connectivity index (χ2n) is 6.13. The number of carbonyl (C=O) groups is 1. The monoisotopic (exact) mass is 350 g/mol.